The van der Waals surface area contributed by atoms with Crippen molar-refractivity contribution in [1.29, 1.82) is 0 Å². The Balaban J connectivity index is 1.43. The van der Waals surface area contributed by atoms with E-state index >= 15 is 0 Å². The molecular formula is C24H28ClN5O2. The van der Waals surface area contributed by atoms with Crippen LogP contribution in [0.2, 0.25) is 5.02 Å². The first kappa shape index (κ1) is 21.2. The fourth-order valence-corrected chi connectivity index (χ4v) is 5.24. The molecule has 7 nitrogen and oxygen atoms in total. The van der Waals surface area contributed by atoms with E-state index in [9.17, 15) is 9.59 Å². The Hall–Kier alpha value is -2.61. The van der Waals surface area contributed by atoms with Gasteiger partial charge in [-0.05, 0) is 42.2 Å². The van der Waals surface area contributed by atoms with Crippen molar-refractivity contribution in [2.45, 2.75) is 44.8 Å². The molecule has 32 heavy (non-hydrogen) atoms. The third-order valence-corrected chi connectivity index (χ3v) is 7.20. The zero-order valence-corrected chi connectivity index (χ0v) is 19.1. The highest BCUT2D eigenvalue weighted by Crippen LogP contribution is 2.34. The van der Waals surface area contributed by atoms with Crippen LogP contribution >= 0.6 is 11.6 Å². The van der Waals surface area contributed by atoms with Crippen molar-refractivity contribution < 1.29 is 9.59 Å². The minimum atomic E-state index is -0.428. The number of carbonyl (C=O) groups is 2. The number of anilines is 1. The largest absolute Gasteiger partial charge is 0.343 e. The molecule has 0 aliphatic carbocycles. The first-order valence-corrected chi connectivity index (χ1v) is 11.6. The summed E-state index contributed by atoms with van der Waals surface area (Å²) in [5, 5.41) is 4.12. The number of hydrogen-bond acceptors (Lipinski definition) is 5. The fraction of sp³-hybridized carbons (Fsp3) is 0.417. The number of urea groups is 1. The second kappa shape index (κ2) is 8.39. The van der Waals surface area contributed by atoms with E-state index in [0.29, 0.717) is 5.02 Å². The van der Waals surface area contributed by atoms with Crippen molar-refractivity contribution in [3.63, 3.8) is 0 Å². The molecule has 3 saturated heterocycles. The predicted octanol–water partition coefficient (Wildman–Crippen LogP) is 3.09. The van der Waals surface area contributed by atoms with Crippen LogP contribution in [0.5, 0.6) is 0 Å². The first-order valence-electron chi connectivity index (χ1n) is 11.2. The summed E-state index contributed by atoms with van der Waals surface area (Å²) in [5.41, 5.74) is 3.19. The molecule has 2 aromatic carbocycles. The smallest absolute Gasteiger partial charge is 0.328 e. The number of hydrogen-bond donors (Lipinski definition) is 1. The van der Waals surface area contributed by atoms with Crippen LogP contribution in [-0.2, 0) is 17.8 Å². The Morgan fingerprint density at radius 1 is 1.06 bits per heavy atom. The second-order valence-corrected chi connectivity index (χ2v) is 9.05. The van der Waals surface area contributed by atoms with Crippen molar-refractivity contribution in [2.75, 3.05) is 25.0 Å². The summed E-state index contributed by atoms with van der Waals surface area (Å²) in [6.45, 7) is 4.02. The molecule has 0 spiro atoms. The van der Waals surface area contributed by atoms with Gasteiger partial charge in [0.2, 0.25) is 0 Å². The zero-order valence-electron chi connectivity index (χ0n) is 18.4. The van der Waals surface area contributed by atoms with E-state index in [-0.39, 0.29) is 30.9 Å². The van der Waals surface area contributed by atoms with E-state index in [2.05, 4.69) is 46.3 Å². The summed E-state index contributed by atoms with van der Waals surface area (Å²) >= 11 is 6.31. The number of fused-ring (bicyclic) bond motifs is 3. The molecule has 0 bridgehead atoms. The summed E-state index contributed by atoms with van der Waals surface area (Å²) in [7, 11) is 1.76. The van der Waals surface area contributed by atoms with Crippen molar-refractivity contribution in [1.82, 2.24) is 20.0 Å². The lowest BCUT2D eigenvalue weighted by molar-refractivity contribution is -0.139. The van der Waals surface area contributed by atoms with E-state index in [1.54, 1.807) is 18.0 Å². The molecule has 5 rings (SSSR count). The Kier molecular flexibility index (Phi) is 5.57. The average molecular weight is 454 g/mol. The van der Waals surface area contributed by atoms with Gasteiger partial charge in [0.15, 0.2) is 0 Å². The van der Waals surface area contributed by atoms with Gasteiger partial charge >= 0.3 is 6.03 Å². The minimum absolute atomic E-state index is 0.134. The minimum Gasteiger partial charge on any atom is -0.343 e. The molecule has 0 aromatic heterocycles. The number of nitrogens with one attached hydrogen (secondary N) is 1. The number of nitrogens with zero attached hydrogens (tertiary/aromatic N) is 4. The summed E-state index contributed by atoms with van der Waals surface area (Å²) < 4.78 is 0. The van der Waals surface area contributed by atoms with Crippen LogP contribution in [0.1, 0.15) is 24.5 Å². The number of carbonyl (C=O) groups excluding carboxylic acids is 2. The molecule has 0 radical (unpaired) electrons. The Labute approximate surface area is 193 Å². The number of imide groups is 1. The van der Waals surface area contributed by atoms with E-state index in [1.165, 1.54) is 10.5 Å². The summed E-state index contributed by atoms with van der Waals surface area (Å²) in [5.74, 6) is -0.170. The summed E-state index contributed by atoms with van der Waals surface area (Å²) in [4.78, 5) is 34.2. The maximum atomic E-state index is 13.6. The third kappa shape index (κ3) is 3.45. The standard InChI is InChI=1S/C24H28ClN5O2/c1-3-16-9-11-18(12-10-16)28-13-6-14-29-20-21(26-23(28)29)27(2)24(32)30(22(20)31)15-17-7-4-5-8-19(17)25/h4-5,7-12,20-21,23,26H,3,6,13-15H2,1-2H3. The van der Waals surface area contributed by atoms with E-state index in [4.69, 9.17) is 11.6 Å². The van der Waals surface area contributed by atoms with Gasteiger partial charge in [0.25, 0.3) is 5.91 Å². The number of halogens is 1. The van der Waals surface area contributed by atoms with Gasteiger partial charge in [-0.1, -0.05) is 48.9 Å². The summed E-state index contributed by atoms with van der Waals surface area (Å²) in [6.07, 6.45) is 1.46. The van der Waals surface area contributed by atoms with Gasteiger partial charge in [-0.15, -0.1) is 0 Å². The molecule has 1 N–H and O–H groups in total. The van der Waals surface area contributed by atoms with Crippen molar-refractivity contribution in [2.24, 2.45) is 0 Å². The predicted molar refractivity (Wildman–Crippen MR) is 124 cm³/mol. The molecule has 3 amide bonds. The molecule has 0 saturated carbocycles. The van der Waals surface area contributed by atoms with Crippen LogP contribution in [0.15, 0.2) is 48.5 Å². The number of amides is 3. The molecule has 168 valence electrons. The van der Waals surface area contributed by atoms with E-state index < -0.39 is 6.04 Å². The van der Waals surface area contributed by atoms with E-state index in [0.717, 1.165) is 37.2 Å². The van der Waals surface area contributed by atoms with Gasteiger partial charge in [-0.2, -0.15) is 0 Å². The van der Waals surface area contributed by atoms with Crippen molar-refractivity contribution in [3.8, 4) is 0 Å². The van der Waals surface area contributed by atoms with Gasteiger partial charge in [0.1, 0.15) is 18.5 Å². The molecule has 3 atom stereocenters. The maximum absolute atomic E-state index is 13.6. The molecule has 3 unspecified atom stereocenters. The quantitative estimate of drug-likeness (QED) is 0.771. The van der Waals surface area contributed by atoms with Crippen LogP contribution in [0, 0.1) is 0 Å². The topological polar surface area (TPSA) is 59.1 Å². The Morgan fingerprint density at radius 3 is 2.53 bits per heavy atom. The molecule has 3 heterocycles. The third-order valence-electron chi connectivity index (χ3n) is 6.83. The first-order chi connectivity index (χ1) is 15.5. The highest BCUT2D eigenvalue weighted by molar-refractivity contribution is 6.31. The molecule has 3 aliphatic rings. The maximum Gasteiger partial charge on any atom is 0.328 e. The Morgan fingerprint density at radius 2 is 1.81 bits per heavy atom. The lowest BCUT2D eigenvalue weighted by atomic mass is 10.1. The number of aryl methyl sites for hydroxylation is 1. The monoisotopic (exact) mass is 453 g/mol. The zero-order chi connectivity index (χ0) is 22.4. The van der Waals surface area contributed by atoms with E-state index in [1.807, 2.05) is 18.2 Å². The van der Waals surface area contributed by atoms with Crippen LogP contribution in [0.4, 0.5) is 10.5 Å². The number of benzene rings is 2. The van der Waals surface area contributed by atoms with Crippen molar-refractivity contribution >= 4 is 29.2 Å². The molecule has 3 fully saturated rings. The highest BCUT2D eigenvalue weighted by atomic mass is 35.5. The normalized spacial score (nSPS) is 25.8. The second-order valence-electron chi connectivity index (χ2n) is 8.64. The molecule has 3 aliphatic heterocycles. The lowest BCUT2D eigenvalue weighted by Gasteiger charge is -2.44. The van der Waals surface area contributed by atoms with Crippen LogP contribution in [0.3, 0.4) is 0 Å². The van der Waals surface area contributed by atoms with Crippen molar-refractivity contribution in [3.05, 3.63) is 64.7 Å². The highest BCUT2D eigenvalue weighted by Gasteiger charge is 2.56. The van der Waals surface area contributed by atoms with Gasteiger partial charge in [0.05, 0.1) is 6.54 Å². The molecular weight excluding hydrogens is 426 g/mol. The van der Waals surface area contributed by atoms with Gasteiger partial charge in [-0.3, -0.25) is 19.9 Å². The lowest BCUT2D eigenvalue weighted by Crippen LogP contribution is -2.66. The number of likely N-dealkylation sites (N-methyl/N-ethyl adjacent to an activating group) is 1. The van der Waals surface area contributed by atoms with Gasteiger partial charge in [-0.25, -0.2) is 4.79 Å². The van der Waals surface area contributed by atoms with Crippen LogP contribution in [0.25, 0.3) is 0 Å². The molecule has 8 heteroatoms. The van der Waals surface area contributed by atoms with Crippen LogP contribution in [-0.4, -0.2) is 65.3 Å². The molecule has 2 aromatic rings. The van der Waals surface area contributed by atoms with Gasteiger partial charge in [0, 0.05) is 30.8 Å². The SMILES string of the molecule is CCc1ccc(N2CCCN3C4C(=O)N(Cc5ccccc5Cl)C(=O)N(C)C4NC23)cc1. The van der Waals surface area contributed by atoms with Gasteiger partial charge < -0.3 is 9.80 Å². The average Bonchev–Trinajstić information content (AvgIpc) is 3.22. The Bertz CT molecular complexity index is 1030. The fourth-order valence-electron chi connectivity index (χ4n) is 5.05. The number of rotatable bonds is 4. The summed E-state index contributed by atoms with van der Waals surface area (Å²) in [6, 6.07) is 15.2. The van der Waals surface area contributed by atoms with Crippen LogP contribution < -0.4 is 10.2 Å².